The lowest BCUT2D eigenvalue weighted by Crippen LogP contribution is -2.30. The molecule has 0 spiro atoms. The number of anilines is 1. The Morgan fingerprint density at radius 3 is 1.35 bits per heavy atom. The number of rotatable bonds is 6. The zero-order valence-corrected chi connectivity index (χ0v) is 32.7. The summed E-state index contributed by atoms with van der Waals surface area (Å²) in [6.07, 6.45) is 0. The zero-order chi connectivity index (χ0) is 42.5. The summed E-state index contributed by atoms with van der Waals surface area (Å²) in [5.41, 5.74) is 10.5. The number of nitriles is 4. The van der Waals surface area contributed by atoms with Gasteiger partial charge in [0.2, 0.25) is 0 Å². The molecule has 1 aliphatic rings. The largest absolute Gasteiger partial charge is 0.308 e. The van der Waals surface area contributed by atoms with Crippen LogP contribution >= 0.6 is 0 Å². The van der Waals surface area contributed by atoms with E-state index in [9.17, 15) is 25.8 Å². The van der Waals surface area contributed by atoms with Crippen LogP contribution in [0.15, 0.2) is 170 Å². The first-order valence-electron chi connectivity index (χ1n) is 19.6. The van der Waals surface area contributed by atoms with Gasteiger partial charge in [0, 0.05) is 16.3 Å². The van der Waals surface area contributed by atoms with Gasteiger partial charge in [0.1, 0.15) is 0 Å². The molecule has 286 valence electrons. The Morgan fingerprint density at radius 1 is 0.355 bits per heavy atom. The molecule has 2 amide bonds. The number of imide groups is 1. The normalized spacial score (nSPS) is 11.8. The molecule has 2 heterocycles. The minimum Gasteiger partial charge on any atom is -0.308 e. The molecule has 0 atom stereocenters. The lowest BCUT2D eigenvalue weighted by atomic mass is 9.97. The van der Waals surface area contributed by atoms with Crippen LogP contribution in [-0.2, 0) is 0 Å². The second-order valence-corrected chi connectivity index (χ2v) is 15.0. The van der Waals surface area contributed by atoms with Crippen molar-refractivity contribution in [1.82, 2.24) is 4.57 Å². The van der Waals surface area contributed by atoms with Crippen molar-refractivity contribution < 1.29 is 9.59 Å². The van der Waals surface area contributed by atoms with Gasteiger partial charge in [-0.3, -0.25) is 9.59 Å². The summed E-state index contributed by atoms with van der Waals surface area (Å²) in [4.78, 5) is 31.1. The van der Waals surface area contributed by atoms with Gasteiger partial charge in [0.05, 0.1) is 80.1 Å². The van der Waals surface area contributed by atoms with Gasteiger partial charge in [0.15, 0.2) is 0 Å². The number of fused-ring (bicyclic) bond motifs is 4. The monoisotopic (exact) mass is 792 g/mol. The molecule has 0 unspecified atom stereocenters. The molecule has 0 radical (unpaired) electrons. The Balaban J connectivity index is 1.21. The van der Waals surface area contributed by atoms with E-state index < -0.39 is 11.8 Å². The van der Waals surface area contributed by atoms with Gasteiger partial charge in [0.25, 0.3) is 11.8 Å². The van der Waals surface area contributed by atoms with Crippen molar-refractivity contribution in [1.29, 1.82) is 21.0 Å². The maximum Gasteiger partial charge on any atom is 0.268 e. The minimum atomic E-state index is -0.478. The fourth-order valence-electron chi connectivity index (χ4n) is 8.55. The quantitative estimate of drug-likeness (QED) is 0.154. The number of amides is 2. The van der Waals surface area contributed by atoms with Crippen molar-refractivity contribution in [2.45, 2.75) is 0 Å². The highest BCUT2D eigenvalue weighted by molar-refractivity contribution is 6.36. The molecule has 8 nitrogen and oxygen atoms in total. The number of benzene rings is 8. The highest BCUT2D eigenvalue weighted by Gasteiger charge is 2.40. The summed E-state index contributed by atoms with van der Waals surface area (Å²) in [6.45, 7) is 0. The Labute approximate surface area is 355 Å². The van der Waals surface area contributed by atoms with E-state index in [1.165, 1.54) is 4.90 Å². The number of carbonyl (C=O) groups is 2. The fourth-order valence-corrected chi connectivity index (χ4v) is 8.55. The molecule has 8 aromatic carbocycles. The predicted octanol–water partition coefficient (Wildman–Crippen LogP) is 11.7. The summed E-state index contributed by atoms with van der Waals surface area (Å²) in [5, 5.41) is 40.9. The Hall–Kier alpha value is -9.34. The van der Waals surface area contributed by atoms with Gasteiger partial charge in [-0.2, -0.15) is 21.0 Å². The molecule has 10 rings (SSSR count). The van der Waals surface area contributed by atoms with Gasteiger partial charge in [-0.05, 0) is 112 Å². The van der Waals surface area contributed by atoms with Crippen molar-refractivity contribution in [2.24, 2.45) is 0 Å². The molecular formula is C54H28N6O2. The van der Waals surface area contributed by atoms with Crippen LogP contribution in [0.4, 0.5) is 5.69 Å². The minimum absolute atomic E-state index is 0.231. The first kappa shape index (κ1) is 37.0. The van der Waals surface area contributed by atoms with Crippen LogP contribution in [0.25, 0.3) is 72.0 Å². The molecule has 0 saturated carbocycles. The van der Waals surface area contributed by atoms with Crippen LogP contribution < -0.4 is 4.90 Å². The second-order valence-electron chi connectivity index (χ2n) is 15.0. The van der Waals surface area contributed by atoms with Gasteiger partial charge < -0.3 is 4.57 Å². The summed E-state index contributed by atoms with van der Waals surface area (Å²) in [5.74, 6) is -0.929. The topological polar surface area (TPSA) is 137 Å². The standard InChI is InChI=1S/C54H28N6O2/c55-29-33-20-34(30-56)23-42(22-33)40-14-17-44-45-18-15-41(43-24-35(31-57)21-36(25-43)32-58)28-51(45)59(50(44)27-40)49-13-7-12-46-52(49)54(62)60(53(46)61)48-19-16-39(37-8-3-1-4-9-37)26-47(48)38-10-5-2-6-11-38/h1-28H. The Morgan fingerprint density at radius 2 is 0.839 bits per heavy atom. The van der Waals surface area contributed by atoms with E-state index in [0.29, 0.717) is 55.8 Å². The Bertz CT molecular complexity index is 3360. The van der Waals surface area contributed by atoms with E-state index in [1.807, 2.05) is 126 Å². The van der Waals surface area contributed by atoms with E-state index in [0.717, 1.165) is 44.2 Å². The summed E-state index contributed by atoms with van der Waals surface area (Å²) >= 11 is 0. The average Bonchev–Trinajstić information content (AvgIpc) is 3.80. The third kappa shape index (κ3) is 6.05. The molecule has 8 heteroatoms. The van der Waals surface area contributed by atoms with E-state index in [1.54, 1.807) is 48.5 Å². The van der Waals surface area contributed by atoms with Gasteiger partial charge in [-0.15, -0.1) is 0 Å². The SMILES string of the molecule is N#Cc1cc(C#N)cc(-c2ccc3c4ccc(-c5cc(C#N)cc(C#N)c5)cc4n(-c4cccc5c4C(=O)N(c4ccc(-c6ccccc6)cc4-c4ccccc4)C5=O)c3c2)c1. The number of carbonyl (C=O) groups excluding carboxylic acids is 2. The first-order valence-corrected chi connectivity index (χ1v) is 19.6. The number of hydrogen-bond acceptors (Lipinski definition) is 6. The highest BCUT2D eigenvalue weighted by Crippen LogP contribution is 2.43. The third-order valence-corrected chi connectivity index (χ3v) is 11.4. The predicted molar refractivity (Wildman–Crippen MR) is 239 cm³/mol. The molecular weight excluding hydrogens is 765 g/mol. The number of hydrogen-bond donors (Lipinski definition) is 0. The lowest BCUT2D eigenvalue weighted by molar-refractivity contribution is 0.0926. The second kappa shape index (κ2) is 14.8. The van der Waals surface area contributed by atoms with E-state index in [2.05, 4.69) is 24.3 Å². The molecule has 1 aromatic heterocycles. The maximum atomic E-state index is 15.2. The van der Waals surface area contributed by atoms with Crippen molar-refractivity contribution >= 4 is 39.3 Å². The van der Waals surface area contributed by atoms with Crippen molar-refractivity contribution in [2.75, 3.05) is 4.90 Å². The zero-order valence-electron chi connectivity index (χ0n) is 32.7. The fraction of sp³-hybridized carbons (Fsp3) is 0. The van der Waals surface area contributed by atoms with Gasteiger partial charge in [-0.1, -0.05) is 97.1 Å². The molecule has 62 heavy (non-hydrogen) atoms. The molecule has 0 aliphatic carbocycles. The first-order chi connectivity index (χ1) is 30.4. The van der Waals surface area contributed by atoms with Crippen molar-refractivity contribution in [3.63, 3.8) is 0 Å². The van der Waals surface area contributed by atoms with Crippen LogP contribution in [0.2, 0.25) is 0 Å². The molecule has 1 aliphatic heterocycles. The van der Waals surface area contributed by atoms with Crippen LogP contribution in [0.1, 0.15) is 43.0 Å². The Kier molecular flexibility index (Phi) is 8.82. The third-order valence-electron chi connectivity index (χ3n) is 11.4. The highest BCUT2D eigenvalue weighted by atomic mass is 16.2. The summed E-state index contributed by atoms with van der Waals surface area (Å²) < 4.78 is 1.97. The van der Waals surface area contributed by atoms with Gasteiger partial charge >= 0.3 is 0 Å². The average molecular weight is 793 g/mol. The van der Waals surface area contributed by atoms with Crippen molar-refractivity contribution in [3.8, 4) is 74.5 Å². The smallest absolute Gasteiger partial charge is 0.268 e. The molecule has 0 N–H and O–H groups in total. The van der Waals surface area contributed by atoms with Crippen LogP contribution in [0.5, 0.6) is 0 Å². The lowest BCUT2D eigenvalue weighted by Gasteiger charge is -2.20. The van der Waals surface area contributed by atoms with Crippen LogP contribution in [0, 0.1) is 45.3 Å². The van der Waals surface area contributed by atoms with Crippen molar-refractivity contribution in [3.05, 3.63) is 203 Å². The van der Waals surface area contributed by atoms with E-state index in [4.69, 9.17) is 0 Å². The van der Waals surface area contributed by atoms with Crippen LogP contribution in [0.3, 0.4) is 0 Å². The summed E-state index contributed by atoms with van der Waals surface area (Å²) in [6, 6.07) is 61.1. The molecule has 0 saturated heterocycles. The molecule has 9 aromatic rings. The number of nitrogens with zero attached hydrogens (tertiary/aromatic N) is 6. The van der Waals surface area contributed by atoms with Crippen LogP contribution in [-0.4, -0.2) is 16.4 Å². The van der Waals surface area contributed by atoms with Gasteiger partial charge in [-0.25, -0.2) is 4.90 Å². The number of aromatic nitrogens is 1. The molecule has 0 fully saturated rings. The van der Waals surface area contributed by atoms with E-state index >= 15 is 4.79 Å². The molecule has 0 bridgehead atoms. The van der Waals surface area contributed by atoms with E-state index in [-0.39, 0.29) is 11.1 Å². The summed E-state index contributed by atoms with van der Waals surface area (Å²) in [7, 11) is 0. The maximum absolute atomic E-state index is 15.2.